The Kier molecular flexibility index (Phi) is 13.1. The molecule has 0 aliphatic rings. The van der Waals surface area contributed by atoms with Gasteiger partial charge in [-0.05, 0) is 118 Å². The van der Waals surface area contributed by atoms with Crippen molar-refractivity contribution < 1.29 is 105 Å². The van der Waals surface area contributed by atoms with Crippen LogP contribution in [0.15, 0.2) is 84.9 Å². The fourth-order valence-corrected chi connectivity index (χ4v) is 6.47. The molecule has 5 rings (SSSR count). The zero-order valence-corrected chi connectivity index (χ0v) is 32.0. The highest BCUT2D eigenvalue weighted by Gasteiger charge is 2.42. The molecule has 68 heavy (non-hydrogen) atoms. The van der Waals surface area contributed by atoms with Crippen LogP contribution in [-0.2, 0) is 49.4 Å². The second-order valence-electron chi connectivity index (χ2n) is 14.1. The summed E-state index contributed by atoms with van der Waals surface area (Å²) in [4.78, 5) is 0. The van der Waals surface area contributed by atoms with Crippen molar-refractivity contribution in [3.05, 3.63) is 151 Å². The third-order valence-electron chi connectivity index (χ3n) is 9.47. The summed E-state index contributed by atoms with van der Waals surface area (Å²) in [6.45, 7) is 0. The van der Waals surface area contributed by atoms with E-state index in [1.54, 1.807) is 0 Å². The molecule has 5 aromatic carbocycles. The predicted molar refractivity (Wildman–Crippen MR) is 186 cm³/mol. The van der Waals surface area contributed by atoms with Crippen LogP contribution in [0.25, 0.3) is 33.4 Å². The Morgan fingerprint density at radius 3 is 0.603 bits per heavy atom. The molecule has 0 N–H and O–H groups in total. The number of alkyl halides is 24. The molecule has 0 saturated heterocycles. The average Bonchev–Trinajstić information content (AvgIpc) is 3.18. The largest absolute Gasteiger partial charge is 0.416 e. The molecule has 0 bridgehead atoms. The molecule has 0 saturated carbocycles. The summed E-state index contributed by atoms with van der Waals surface area (Å²) in [7, 11) is 0. The zero-order chi connectivity index (χ0) is 51.7. The van der Waals surface area contributed by atoms with E-state index in [-0.39, 0.29) is 60.7 Å². The first-order valence-electron chi connectivity index (χ1n) is 17.6. The first-order valence-corrected chi connectivity index (χ1v) is 17.6. The van der Waals surface area contributed by atoms with Gasteiger partial charge >= 0.3 is 49.4 Å². The Balaban J connectivity index is 2.29. The van der Waals surface area contributed by atoms with E-state index in [2.05, 4.69) is 0 Å². The van der Waals surface area contributed by atoms with Crippen LogP contribution in [0.1, 0.15) is 55.6 Å². The molecule has 2 nitrogen and oxygen atoms in total. The fraction of sp³-hybridized carbons (Fsp3) is 0.190. The normalized spacial score (nSPS) is 14.3. The van der Waals surface area contributed by atoms with Gasteiger partial charge in [0.1, 0.15) is 12.1 Å². The molecule has 5 aromatic rings. The van der Waals surface area contributed by atoms with Crippen LogP contribution < -0.4 is 10.4 Å². The molecule has 0 spiro atoms. The Morgan fingerprint density at radius 2 is 0.441 bits per heavy atom. The van der Waals surface area contributed by atoms with E-state index in [0.29, 0.717) is 0 Å². The van der Waals surface area contributed by atoms with Crippen molar-refractivity contribution >= 4 is 11.1 Å². The summed E-state index contributed by atoms with van der Waals surface area (Å²) in [5, 5.41) is 17.7. The molecule has 0 aromatic heterocycles. The molecule has 0 fully saturated rings. The van der Waals surface area contributed by atoms with Crippen LogP contribution >= 0.6 is 0 Å². The molecule has 0 aliphatic heterocycles. The first kappa shape index (κ1) is 52.1. The Hall–Kier alpha value is -6.86. The highest BCUT2D eigenvalue weighted by atomic mass is 19.4. The van der Waals surface area contributed by atoms with Gasteiger partial charge in [0.15, 0.2) is 0 Å². The van der Waals surface area contributed by atoms with E-state index in [0.717, 1.165) is 12.1 Å². The highest BCUT2D eigenvalue weighted by molar-refractivity contribution is 5.88. The fourth-order valence-electron chi connectivity index (χ4n) is 6.47. The molecule has 0 heterocycles. The predicted octanol–water partition coefficient (Wildman–Crippen LogP) is 14.6. The Morgan fingerprint density at radius 1 is 0.265 bits per heavy atom. The van der Waals surface area contributed by atoms with Crippen LogP contribution in [0, 0.1) is 22.7 Å². The van der Waals surface area contributed by atoms with Gasteiger partial charge in [0.2, 0.25) is 0 Å². The minimum atomic E-state index is -5.83. The number of halogens is 24. The SMILES string of the molecule is N#C/C(c1cc(C(F)(F)F)cc(C(F)(F)F)c1)=c1/cc(-c2cc(C(F)(F)F)cc(C(F)(F)F)c2)/c(=C(\C#N)c2cc(C(F)(F)F)cc(C(F)(F)F)c2)cc1-c1cc(C(F)(F)F)cc(C(F)(F)F)c1. The lowest BCUT2D eigenvalue weighted by Gasteiger charge is -2.19. The van der Waals surface area contributed by atoms with Crippen molar-refractivity contribution in [3.8, 4) is 34.4 Å². The summed E-state index contributed by atoms with van der Waals surface area (Å²) in [5.74, 6) is 0. The van der Waals surface area contributed by atoms with Crippen molar-refractivity contribution in [1.29, 1.82) is 10.5 Å². The topological polar surface area (TPSA) is 47.6 Å². The van der Waals surface area contributed by atoms with E-state index in [4.69, 9.17) is 0 Å². The van der Waals surface area contributed by atoms with Gasteiger partial charge in [-0.2, -0.15) is 116 Å². The summed E-state index contributed by atoms with van der Waals surface area (Å²) in [6.07, 6.45) is -46.4. The van der Waals surface area contributed by atoms with Crippen LogP contribution in [0.4, 0.5) is 105 Å². The molecule has 26 heteroatoms. The van der Waals surface area contributed by atoms with Crippen molar-refractivity contribution in [2.24, 2.45) is 0 Å². The van der Waals surface area contributed by atoms with Crippen molar-refractivity contribution in [2.45, 2.75) is 49.4 Å². The van der Waals surface area contributed by atoms with Crippen LogP contribution in [0.5, 0.6) is 0 Å². The van der Waals surface area contributed by atoms with Gasteiger partial charge in [-0.1, -0.05) is 0 Å². The van der Waals surface area contributed by atoms with E-state index in [9.17, 15) is 116 Å². The monoisotopic (exact) mass is 1000 g/mol. The summed E-state index contributed by atoms with van der Waals surface area (Å²) in [5.41, 5.74) is -30.9. The third-order valence-corrected chi connectivity index (χ3v) is 9.47. The standard InChI is InChI=1S/C42H14F24N2/c43-35(44,45)21-1-17(2-22(9-21)36(46,47)48)29-13-32(34(16-68)20-7-27(41(61,62)63)12-28(8-20)42(64,65)66)30(18-3-23(37(49,50)51)10-24(4-18)38(52,53)54)14-31(29)33(15-67)19-5-25(39(55,56)57)11-26(6-19)40(58,59)60/h1-14H/b33-31+,34-32+. The van der Waals surface area contributed by atoms with E-state index >= 15 is 0 Å². The second-order valence-corrected chi connectivity index (χ2v) is 14.1. The van der Waals surface area contributed by atoms with E-state index in [1.807, 2.05) is 0 Å². The minimum Gasteiger partial charge on any atom is -0.192 e. The molecule has 0 unspecified atom stereocenters. The van der Waals surface area contributed by atoms with Gasteiger partial charge in [-0.3, -0.25) is 0 Å². The van der Waals surface area contributed by atoms with Crippen LogP contribution in [0.3, 0.4) is 0 Å². The molecular formula is C42H14F24N2. The highest BCUT2D eigenvalue weighted by Crippen LogP contribution is 2.43. The third kappa shape index (κ3) is 11.3. The maximum atomic E-state index is 14.2. The van der Waals surface area contributed by atoms with Gasteiger partial charge < -0.3 is 0 Å². The molecule has 0 aliphatic carbocycles. The van der Waals surface area contributed by atoms with Gasteiger partial charge in [0.05, 0.1) is 55.7 Å². The zero-order valence-electron chi connectivity index (χ0n) is 32.0. The van der Waals surface area contributed by atoms with Gasteiger partial charge in [0, 0.05) is 10.4 Å². The summed E-state index contributed by atoms with van der Waals surface area (Å²) in [6, 6.07) is -2.19. The average molecular weight is 1000 g/mol. The Labute approximate surface area is 361 Å². The van der Waals surface area contributed by atoms with E-state index < -0.39 is 173 Å². The smallest absolute Gasteiger partial charge is 0.192 e. The number of hydrogen-bond acceptors (Lipinski definition) is 2. The lowest BCUT2D eigenvalue weighted by atomic mass is 9.87. The van der Waals surface area contributed by atoms with Gasteiger partial charge in [0.25, 0.3) is 0 Å². The molecule has 0 atom stereocenters. The minimum absolute atomic E-state index is 0.0322. The second kappa shape index (κ2) is 17.0. The van der Waals surface area contributed by atoms with Gasteiger partial charge in [-0.15, -0.1) is 0 Å². The number of hydrogen-bond donors (Lipinski definition) is 0. The first-order chi connectivity index (χ1) is 30.6. The maximum absolute atomic E-state index is 14.2. The number of nitriles is 2. The maximum Gasteiger partial charge on any atom is 0.416 e. The molecule has 0 radical (unpaired) electrons. The van der Waals surface area contributed by atoms with Crippen LogP contribution in [0.2, 0.25) is 0 Å². The van der Waals surface area contributed by atoms with E-state index in [1.165, 1.54) is 0 Å². The van der Waals surface area contributed by atoms with Gasteiger partial charge in [-0.25, -0.2) is 0 Å². The lowest BCUT2D eigenvalue weighted by molar-refractivity contribution is -0.144. The molecule has 0 amide bonds. The van der Waals surface area contributed by atoms with Crippen molar-refractivity contribution in [3.63, 3.8) is 0 Å². The quantitative estimate of drug-likeness (QED) is 0.168. The van der Waals surface area contributed by atoms with Crippen LogP contribution in [-0.4, -0.2) is 0 Å². The number of benzene rings is 5. The number of rotatable bonds is 4. The van der Waals surface area contributed by atoms with Crippen molar-refractivity contribution in [1.82, 2.24) is 0 Å². The molecule has 360 valence electrons. The van der Waals surface area contributed by atoms with Crippen molar-refractivity contribution in [2.75, 3.05) is 0 Å². The number of nitrogens with zero attached hydrogens (tertiary/aromatic N) is 2. The summed E-state index contributed by atoms with van der Waals surface area (Å²) < 4.78 is 339. The Bertz CT molecular complexity index is 2680. The molecular weight excluding hydrogens is 988 g/mol. The summed E-state index contributed by atoms with van der Waals surface area (Å²) >= 11 is 0. The lowest BCUT2D eigenvalue weighted by Crippen LogP contribution is -2.22.